The molecule has 2 aliphatic rings. The highest BCUT2D eigenvalue weighted by molar-refractivity contribution is 5.76. The Labute approximate surface area is 201 Å². The summed E-state index contributed by atoms with van der Waals surface area (Å²) in [6.07, 6.45) is 7.58. The van der Waals surface area contributed by atoms with Crippen molar-refractivity contribution in [2.24, 2.45) is 17.8 Å². The Hall–Kier alpha value is -2.99. The van der Waals surface area contributed by atoms with Crippen LogP contribution in [0.4, 0.5) is 0 Å². The predicted octanol–water partition coefficient (Wildman–Crippen LogP) is 4.38. The summed E-state index contributed by atoms with van der Waals surface area (Å²) < 4.78 is 5.55. The number of carbonyl (C=O) groups excluding carboxylic acids is 1. The minimum atomic E-state index is 0.324. The van der Waals surface area contributed by atoms with Crippen LogP contribution >= 0.6 is 0 Å². The molecule has 5 rings (SSSR count). The van der Waals surface area contributed by atoms with Gasteiger partial charge in [0.25, 0.3) is 0 Å². The topological polar surface area (TPSA) is 71.3 Å². The number of likely N-dealkylation sites (tertiary alicyclic amines) is 1. The van der Waals surface area contributed by atoms with Crippen molar-refractivity contribution in [2.75, 3.05) is 26.2 Å². The molecule has 4 heterocycles. The van der Waals surface area contributed by atoms with Crippen LogP contribution in [0.3, 0.4) is 0 Å². The number of aromatic nitrogens is 2. The normalized spacial score (nSPS) is 21.5. The Morgan fingerprint density at radius 1 is 1.00 bits per heavy atom. The molecule has 2 aliphatic heterocycles. The Kier molecular flexibility index (Phi) is 7.34. The van der Waals surface area contributed by atoms with Crippen molar-refractivity contribution in [3.05, 3.63) is 72.1 Å². The number of rotatable bonds is 7. The minimum Gasteiger partial charge on any atom is -0.354 e. The van der Waals surface area contributed by atoms with Crippen LogP contribution in [0.5, 0.6) is 0 Å². The van der Waals surface area contributed by atoms with Crippen molar-refractivity contribution >= 4 is 5.91 Å². The zero-order chi connectivity index (χ0) is 23.2. The number of amides is 1. The Balaban J connectivity index is 1.14. The largest absolute Gasteiger partial charge is 0.354 e. The van der Waals surface area contributed by atoms with Gasteiger partial charge in [-0.3, -0.25) is 9.78 Å². The van der Waals surface area contributed by atoms with Crippen LogP contribution in [0, 0.1) is 17.8 Å². The number of pyridine rings is 1. The van der Waals surface area contributed by atoms with Crippen LogP contribution in [-0.2, 0) is 17.6 Å². The van der Waals surface area contributed by atoms with Gasteiger partial charge < -0.3 is 14.7 Å². The van der Waals surface area contributed by atoms with Gasteiger partial charge in [-0.2, -0.15) is 0 Å². The number of benzene rings is 1. The molecule has 34 heavy (non-hydrogen) atoms. The first-order valence-corrected chi connectivity index (χ1v) is 12.6. The van der Waals surface area contributed by atoms with Crippen molar-refractivity contribution in [1.82, 2.24) is 20.4 Å². The zero-order valence-electron chi connectivity index (χ0n) is 19.7. The van der Waals surface area contributed by atoms with E-state index in [0.717, 1.165) is 69.7 Å². The lowest BCUT2D eigenvalue weighted by molar-refractivity contribution is -0.134. The number of piperidine rings is 2. The molecular weight excluding hydrogens is 424 g/mol. The summed E-state index contributed by atoms with van der Waals surface area (Å²) in [5.41, 5.74) is 3.14. The minimum absolute atomic E-state index is 0.324. The summed E-state index contributed by atoms with van der Waals surface area (Å²) in [4.78, 5) is 19.6. The molecule has 2 aromatic heterocycles. The molecule has 0 radical (unpaired) electrons. The molecule has 1 N–H and O–H groups in total. The van der Waals surface area contributed by atoms with E-state index in [1.807, 2.05) is 24.3 Å². The summed E-state index contributed by atoms with van der Waals surface area (Å²) in [5, 5.41) is 7.80. The third kappa shape index (κ3) is 5.73. The molecular formula is C28H34N4O2. The van der Waals surface area contributed by atoms with Gasteiger partial charge in [0.05, 0.1) is 5.69 Å². The summed E-state index contributed by atoms with van der Waals surface area (Å²) in [6.45, 7) is 3.68. The number of hydrogen-bond donors (Lipinski definition) is 1. The Morgan fingerprint density at radius 3 is 2.62 bits per heavy atom. The molecule has 178 valence electrons. The summed E-state index contributed by atoms with van der Waals surface area (Å²) in [5.74, 6) is 2.47. The number of nitrogens with zero attached hydrogens (tertiary/aromatic N) is 3. The molecule has 2 fully saturated rings. The third-order valence-corrected chi connectivity index (χ3v) is 7.48. The van der Waals surface area contributed by atoms with E-state index >= 15 is 0 Å². The van der Waals surface area contributed by atoms with Crippen LogP contribution in [-0.4, -0.2) is 47.1 Å². The van der Waals surface area contributed by atoms with Gasteiger partial charge in [-0.1, -0.05) is 41.6 Å². The van der Waals surface area contributed by atoms with Crippen LogP contribution in [0.15, 0.2) is 65.3 Å². The van der Waals surface area contributed by atoms with Crippen molar-refractivity contribution in [2.45, 2.75) is 38.5 Å². The quantitative estimate of drug-likeness (QED) is 0.569. The van der Waals surface area contributed by atoms with Gasteiger partial charge in [0.1, 0.15) is 5.69 Å². The lowest BCUT2D eigenvalue weighted by atomic mass is 9.80. The van der Waals surface area contributed by atoms with Gasteiger partial charge in [0, 0.05) is 31.8 Å². The lowest BCUT2D eigenvalue weighted by Crippen LogP contribution is -2.43. The average Bonchev–Trinajstić information content (AvgIpc) is 3.35. The number of nitrogens with one attached hydrogen (secondary N) is 1. The van der Waals surface area contributed by atoms with Crippen LogP contribution < -0.4 is 5.32 Å². The molecule has 0 saturated carbocycles. The first kappa shape index (κ1) is 22.8. The highest BCUT2D eigenvalue weighted by Gasteiger charge is 2.31. The molecule has 0 spiro atoms. The molecule has 6 heteroatoms. The molecule has 3 aromatic rings. The van der Waals surface area contributed by atoms with Crippen molar-refractivity contribution in [3.8, 4) is 11.5 Å². The molecule has 6 nitrogen and oxygen atoms in total. The molecule has 0 bridgehead atoms. The standard InChI is InChI=1S/C28H34N4O2/c33-28(32-14-10-22(11-15-32)16-21-6-2-1-3-7-21)18-23-9-13-29-20-24(23)17-25-19-27(34-31-25)26-8-4-5-12-30-26/h1-8,12,19,22-24,29H,9-11,13-18,20H2/t23-,24-/m0/s1. The van der Waals surface area contributed by atoms with Crippen LogP contribution in [0.25, 0.3) is 11.5 Å². The van der Waals surface area contributed by atoms with E-state index in [-0.39, 0.29) is 0 Å². The number of hydrogen-bond acceptors (Lipinski definition) is 5. The third-order valence-electron chi connectivity index (χ3n) is 7.48. The van der Waals surface area contributed by atoms with E-state index in [4.69, 9.17) is 4.52 Å². The zero-order valence-corrected chi connectivity index (χ0v) is 19.7. The Morgan fingerprint density at radius 2 is 1.82 bits per heavy atom. The predicted molar refractivity (Wildman–Crippen MR) is 132 cm³/mol. The SMILES string of the molecule is O=C(C[C@@H]1CCNC[C@@H]1Cc1cc(-c2ccccn2)on1)N1CCC(Cc2ccccc2)CC1. The maximum absolute atomic E-state index is 13.2. The van der Waals surface area contributed by atoms with Gasteiger partial charge in [-0.05, 0) is 80.6 Å². The van der Waals surface area contributed by atoms with Gasteiger partial charge in [0.2, 0.25) is 5.91 Å². The number of carbonyl (C=O) groups is 1. The Bertz CT molecular complexity index is 1040. The van der Waals surface area contributed by atoms with Gasteiger partial charge >= 0.3 is 0 Å². The van der Waals surface area contributed by atoms with Crippen molar-refractivity contribution in [3.63, 3.8) is 0 Å². The lowest BCUT2D eigenvalue weighted by Gasteiger charge is -2.36. The highest BCUT2D eigenvalue weighted by Crippen LogP contribution is 2.29. The molecule has 2 atom stereocenters. The highest BCUT2D eigenvalue weighted by atomic mass is 16.5. The molecule has 0 unspecified atom stereocenters. The summed E-state index contributed by atoms with van der Waals surface area (Å²) >= 11 is 0. The summed E-state index contributed by atoms with van der Waals surface area (Å²) in [7, 11) is 0. The first-order valence-electron chi connectivity index (χ1n) is 12.6. The van der Waals surface area contributed by atoms with E-state index in [2.05, 4.69) is 50.7 Å². The monoisotopic (exact) mass is 458 g/mol. The summed E-state index contributed by atoms with van der Waals surface area (Å²) in [6, 6.07) is 18.5. The fraction of sp³-hybridized carbons (Fsp3) is 0.464. The van der Waals surface area contributed by atoms with Crippen molar-refractivity contribution in [1.29, 1.82) is 0 Å². The second-order valence-corrected chi connectivity index (χ2v) is 9.83. The molecule has 0 aliphatic carbocycles. The van der Waals surface area contributed by atoms with E-state index in [1.165, 1.54) is 5.56 Å². The van der Waals surface area contributed by atoms with Crippen LogP contribution in [0.2, 0.25) is 0 Å². The van der Waals surface area contributed by atoms with Gasteiger partial charge in [0.15, 0.2) is 5.76 Å². The van der Waals surface area contributed by atoms with Gasteiger partial charge in [-0.15, -0.1) is 0 Å². The molecule has 1 aromatic carbocycles. The smallest absolute Gasteiger partial charge is 0.222 e. The van der Waals surface area contributed by atoms with E-state index in [0.29, 0.717) is 35.8 Å². The second kappa shape index (κ2) is 11.0. The molecule has 1 amide bonds. The fourth-order valence-electron chi connectivity index (χ4n) is 5.48. The fourth-order valence-corrected chi connectivity index (χ4v) is 5.48. The first-order chi connectivity index (χ1) is 16.7. The van der Waals surface area contributed by atoms with Crippen LogP contribution in [0.1, 0.15) is 36.9 Å². The average molecular weight is 459 g/mol. The van der Waals surface area contributed by atoms with E-state index in [9.17, 15) is 4.79 Å². The maximum Gasteiger partial charge on any atom is 0.222 e. The maximum atomic E-state index is 13.2. The van der Waals surface area contributed by atoms with Crippen molar-refractivity contribution < 1.29 is 9.32 Å². The van der Waals surface area contributed by atoms with E-state index < -0.39 is 0 Å². The second-order valence-electron chi connectivity index (χ2n) is 9.83. The van der Waals surface area contributed by atoms with E-state index in [1.54, 1.807) is 6.20 Å². The van der Waals surface area contributed by atoms with Gasteiger partial charge in [-0.25, -0.2) is 0 Å². The molecule has 2 saturated heterocycles.